The minimum absolute atomic E-state index is 0.649. The van der Waals surface area contributed by atoms with Crippen molar-refractivity contribution in [1.82, 2.24) is 0 Å². The Morgan fingerprint density at radius 1 is 0.636 bits per heavy atom. The van der Waals surface area contributed by atoms with Gasteiger partial charge < -0.3 is 0 Å². The molecule has 2 rings (SSSR count). The van der Waals surface area contributed by atoms with E-state index in [-0.39, 0.29) is 0 Å². The maximum Gasteiger partial charge on any atom is -0.0214 e. The van der Waals surface area contributed by atoms with E-state index in [1.54, 1.807) is 0 Å². The van der Waals surface area contributed by atoms with Crippen molar-refractivity contribution >= 4 is 0 Å². The standard InChI is InChI=1S/2C11H16/c1-8(2)11-6-5-9(3)7-10(11)4;1-8(2)11-9(3)6-5-7-10(11)4/h2*5-8H,1-4H3. The smallest absolute Gasteiger partial charge is 0.0214 e. The summed E-state index contributed by atoms with van der Waals surface area (Å²) in [6, 6.07) is 13.1. The second kappa shape index (κ2) is 8.17. The second-order valence-electron chi connectivity index (χ2n) is 6.97. The summed E-state index contributed by atoms with van der Waals surface area (Å²) in [7, 11) is 0. The molecule has 0 amide bonds. The van der Waals surface area contributed by atoms with Crippen molar-refractivity contribution in [2.45, 2.75) is 67.2 Å². The molecular formula is C22H32. The summed E-state index contributed by atoms with van der Waals surface area (Å²) < 4.78 is 0. The Hall–Kier alpha value is -1.56. The Kier molecular flexibility index (Phi) is 6.87. The Balaban J connectivity index is 0.000000220. The van der Waals surface area contributed by atoms with Gasteiger partial charge in [-0.15, -0.1) is 0 Å². The fourth-order valence-corrected chi connectivity index (χ4v) is 3.21. The third kappa shape index (κ3) is 5.02. The molecule has 0 fully saturated rings. The van der Waals surface area contributed by atoms with Crippen molar-refractivity contribution in [2.24, 2.45) is 0 Å². The number of hydrogen-bond acceptors (Lipinski definition) is 0. The number of benzene rings is 2. The van der Waals surface area contributed by atoms with Crippen LogP contribution in [0.15, 0.2) is 36.4 Å². The fourth-order valence-electron chi connectivity index (χ4n) is 3.21. The van der Waals surface area contributed by atoms with Gasteiger partial charge in [0.15, 0.2) is 0 Å². The van der Waals surface area contributed by atoms with Crippen molar-refractivity contribution in [2.75, 3.05) is 0 Å². The van der Waals surface area contributed by atoms with Crippen molar-refractivity contribution in [3.8, 4) is 0 Å². The molecule has 0 aliphatic rings. The molecule has 0 saturated carbocycles. The van der Waals surface area contributed by atoms with Gasteiger partial charge in [0.25, 0.3) is 0 Å². The van der Waals surface area contributed by atoms with Gasteiger partial charge in [-0.3, -0.25) is 0 Å². The van der Waals surface area contributed by atoms with E-state index in [9.17, 15) is 0 Å². The molecule has 0 atom stereocenters. The molecular weight excluding hydrogens is 264 g/mol. The third-order valence-corrected chi connectivity index (χ3v) is 4.17. The maximum absolute atomic E-state index is 2.25. The summed E-state index contributed by atoms with van der Waals surface area (Å²) in [4.78, 5) is 0. The maximum atomic E-state index is 2.25. The summed E-state index contributed by atoms with van der Waals surface area (Å²) in [5.41, 5.74) is 8.58. The summed E-state index contributed by atoms with van der Waals surface area (Å²) >= 11 is 0. The van der Waals surface area contributed by atoms with Crippen LogP contribution in [-0.2, 0) is 0 Å². The number of rotatable bonds is 2. The van der Waals surface area contributed by atoms with Crippen LogP contribution in [0.4, 0.5) is 0 Å². The minimum atomic E-state index is 0.649. The van der Waals surface area contributed by atoms with E-state index in [1.165, 1.54) is 33.4 Å². The molecule has 0 saturated heterocycles. The van der Waals surface area contributed by atoms with Crippen LogP contribution in [0, 0.1) is 27.7 Å². The van der Waals surface area contributed by atoms with E-state index in [0.717, 1.165) is 0 Å². The van der Waals surface area contributed by atoms with Gasteiger partial charge in [-0.05, 0) is 67.3 Å². The van der Waals surface area contributed by atoms with Crippen LogP contribution in [0.2, 0.25) is 0 Å². The van der Waals surface area contributed by atoms with E-state index >= 15 is 0 Å². The van der Waals surface area contributed by atoms with Gasteiger partial charge in [-0.25, -0.2) is 0 Å². The van der Waals surface area contributed by atoms with E-state index in [1.807, 2.05) is 0 Å². The Labute approximate surface area is 137 Å². The summed E-state index contributed by atoms with van der Waals surface area (Å²) in [5, 5.41) is 0. The van der Waals surface area contributed by atoms with E-state index < -0.39 is 0 Å². The zero-order chi connectivity index (χ0) is 16.9. The lowest BCUT2D eigenvalue weighted by Gasteiger charge is -2.12. The van der Waals surface area contributed by atoms with Gasteiger partial charge >= 0.3 is 0 Å². The molecule has 22 heavy (non-hydrogen) atoms. The lowest BCUT2D eigenvalue weighted by atomic mass is 9.94. The predicted molar refractivity (Wildman–Crippen MR) is 100 cm³/mol. The first kappa shape index (κ1) is 18.5. The first-order chi connectivity index (χ1) is 10.2. The average molecular weight is 296 g/mol. The second-order valence-corrected chi connectivity index (χ2v) is 6.97. The largest absolute Gasteiger partial charge is 0.0617 e. The van der Waals surface area contributed by atoms with E-state index in [4.69, 9.17) is 0 Å². The topological polar surface area (TPSA) is 0 Å². The number of hydrogen-bond donors (Lipinski definition) is 0. The Morgan fingerprint density at radius 3 is 1.55 bits per heavy atom. The molecule has 0 spiro atoms. The van der Waals surface area contributed by atoms with Gasteiger partial charge in [0.1, 0.15) is 0 Å². The highest BCUT2D eigenvalue weighted by Crippen LogP contribution is 2.22. The predicted octanol–water partition coefficient (Wildman–Crippen LogP) is 6.85. The monoisotopic (exact) mass is 296 g/mol. The van der Waals surface area contributed by atoms with Gasteiger partial charge in [0, 0.05) is 0 Å². The van der Waals surface area contributed by atoms with E-state index in [2.05, 4.69) is 91.8 Å². The number of aryl methyl sites for hydroxylation is 4. The molecule has 0 heteroatoms. The molecule has 0 aromatic heterocycles. The van der Waals surface area contributed by atoms with Crippen LogP contribution in [0.3, 0.4) is 0 Å². The molecule has 0 unspecified atom stereocenters. The highest BCUT2D eigenvalue weighted by Gasteiger charge is 2.04. The van der Waals surface area contributed by atoms with Crippen LogP contribution in [0.1, 0.15) is 72.9 Å². The normalized spacial score (nSPS) is 10.6. The van der Waals surface area contributed by atoms with Gasteiger partial charge in [-0.2, -0.15) is 0 Å². The van der Waals surface area contributed by atoms with Crippen molar-refractivity contribution in [1.29, 1.82) is 0 Å². The van der Waals surface area contributed by atoms with Gasteiger partial charge in [0.05, 0.1) is 0 Å². The molecule has 0 nitrogen and oxygen atoms in total. The highest BCUT2D eigenvalue weighted by molar-refractivity contribution is 5.35. The van der Waals surface area contributed by atoms with Crippen molar-refractivity contribution in [3.05, 3.63) is 69.8 Å². The zero-order valence-corrected chi connectivity index (χ0v) is 15.6. The molecule has 0 bridgehead atoms. The SMILES string of the molecule is Cc1ccc(C(C)C)c(C)c1.Cc1cccc(C)c1C(C)C. The quantitative estimate of drug-likeness (QED) is 0.568. The van der Waals surface area contributed by atoms with Crippen LogP contribution in [-0.4, -0.2) is 0 Å². The third-order valence-electron chi connectivity index (χ3n) is 4.17. The first-order valence-corrected chi connectivity index (χ1v) is 8.37. The van der Waals surface area contributed by atoms with Crippen LogP contribution >= 0.6 is 0 Å². The molecule has 2 aromatic carbocycles. The minimum Gasteiger partial charge on any atom is -0.0617 e. The van der Waals surface area contributed by atoms with Gasteiger partial charge in [0.2, 0.25) is 0 Å². The van der Waals surface area contributed by atoms with Gasteiger partial charge in [-0.1, -0.05) is 69.7 Å². The first-order valence-electron chi connectivity index (χ1n) is 8.37. The Morgan fingerprint density at radius 2 is 1.18 bits per heavy atom. The van der Waals surface area contributed by atoms with E-state index in [0.29, 0.717) is 11.8 Å². The lowest BCUT2D eigenvalue weighted by molar-refractivity contribution is 0.846. The van der Waals surface area contributed by atoms with Crippen LogP contribution in [0.25, 0.3) is 0 Å². The highest BCUT2D eigenvalue weighted by atomic mass is 14.1. The summed E-state index contributed by atoms with van der Waals surface area (Å²) in [6.45, 7) is 17.6. The Bertz CT molecular complexity index is 583. The van der Waals surface area contributed by atoms with Crippen molar-refractivity contribution < 1.29 is 0 Å². The zero-order valence-electron chi connectivity index (χ0n) is 15.6. The van der Waals surface area contributed by atoms with Crippen LogP contribution < -0.4 is 0 Å². The molecule has 2 aromatic rings. The fraction of sp³-hybridized carbons (Fsp3) is 0.455. The molecule has 0 aliphatic carbocycles. The summed E-state index contributed by atoms with van der Waals surface area (Å²) in [5.74, 6) is 1.30. The molecule has 120 valence electrons. The molecule has 0 N–H and O–H groups in total. The molecule has 0 radical (unpaired) electrons. The lowest BCUT2D eigenvalue weighted by Crippen LogP contribution is -1.94. The molecule has 0 aliphatic heterocycles. The average Bonchev–Trinajstić information content (AvgIpc) is 2.38. The van der Waals surface area contributed by atoms with Crippen LogP contribution in [0.5, 0.6) is 0 Å². The molecule has 0 heterocycles. The summed E-state index contributed by atoms with van der Waals surface area (Å²) in [6.07, 6.45) is 0. The van der Waals surface area contributed by atoms with Crippen molar-refractivity contribution in [3.63, 3.8) is 0 Å².